The minimum absolute atomic E-state index is 0.529. The SMILES string of the molecule is CCC(C)N(C)CCNc1nc(C2CC2)nc(N)c1C. The summed E-state index contributed by atoms with van der Waals surface area (Å²) in [7, 11) is 2.16. The monoisotopic (exact) mass is 277 g/mol. The van der Waals surface area contributed by atoms with Crippen molar-refractivity contribution in [3.63, 3.8) is 0 Å². The average Bonchev–Trinajstić information content (AvgIpc) is 3.26. The van der Waals surface area contributed by atoms with Crippen molar-refractivity contribution in [3.8, 4) is 0 Å². The minimum atomic E-state index is 0.529. The van der Waals surface area contributed by atoms with Crippen LogP contribution in [0.15, 0.2) is 0 Å². The highest BCUT2D eigenvalue weighted by Crippen LogP contribution is 2.39. The van der Waals surface area contributed by atoms with Crippen molar-refractivity contribution in [2.24, 2.45) is 0 Å². The topological polar surface area (TPSA) is 67.1 Å². The highest BCUT2D eigenvalue weighted by molar-refractivity contribution is 5.55. The number of nitrogens with zero attached hydrogens (tertiary/aromatic N) is 3. The molecule has 0 aliphatic heterocycles. The fourth-order valence-electron chi connectivity index (χ4n) is 2.13. The Hall–Kier alpha value is -1.36. The number of nitrogens with one attached hydrogen (secondary N) is 1. The van der Waals surface area contributed by atoms with E-state index >= 15 is 0 Å². The maximum atomic E-state index is 5.99. The van der Waals surface area contributed by atoms with E-state index in [-0.39, 0.29) is 0 Å². The first kappa shape index (κ1) is 15.0. The lowest BCUT2D eigenvalue weighted by Gasteiger charge is -2.23. The zero-order chi connectivity index (χ0) is 14.7. The molecule has 1 aromatic rings. The van der Waals surface area contributed by atoms with Gasteiger partial charge in [-0.25, -0.2) is 9.97 Å². The molecule has 0 aromatic carbocycles. The van der Waals surface area contributed by atoms with E-state index in [2.05, 4.69) is 41.1 Å². The van der Waals surface area contributed by atoms with Gasteiger partial charge < -0.3 is 16.0 Å². The van der Waals surface area contributed by atoms with E-state index in [9.17, 15) is 0 Å². The van der Waals surface area contributed by atoms with Crippen LogP contribution in [0.25, 0.3) is 0 Å². The van der Waals surface area contributed by atoms with Gasteiger partial charge in [0.05, 0.1) is 0 Å². The first-order chi connectivity index (χ1) is 9.52. The van der Waals surface area contributed by atoms with Crippen LogP contribution in [-0.4, -0.2) is 41.0 Å². The molecule has 3 N–H and O–H groups in total. The van der Waals surface area contributed by atoms with Gasteiger partial charge in [0.2, 0.25) is 0 Å². The van der Waals surface area contributed by atoms with Gasteiger partial charge in [-0.3, -0.25) is 0 Å². The van der Waals surface area contributed by atoms with Crippen molar-refractivity contribution in [1.82, 2.24) is 14.9 Å². The molecule has 5 heteroatoms. The first-order valence-electron chi connectivity index (χ1n) is 7.61. The van der Waals surface area contributed by atoms with E-state index in [0.29, 0.717) is 17.8 Å². The third-order valence-corrected chi connectivity index (χ3v) is 4.24. The Morgan fingerprint density at radius 2 is 2.10 bits per heavy atom. The molecule has 2 rings (SSSR count). The number of nitrogens with two attached hydrogens (primary N) is 1. The van der Waals surface area contributed by atoms with Gasteiger partial charge in [-0.1, -0.05) is 6.92 Å². The summed E-state index contributed by atoms with van der Waals surface area (Å²) in [5.74, 6) is 2.95. The minimum Gasteiger partial charge on any atom is -0.383 e. The molecule has 20 heavy (non-hydrogen) atoms. The van der Waals surface area contributed by atoms with Gasteiger partial charge >= 0.3 is 0 Å². The van der Waals surface area contributed by atoms with E-state index in [0.717, 1.165) is 30.3 Å². The number of hydrogen-bond donors (Lipinski definition) is 2. The van der Waals surface area contributed by atoms with Gasteiger partial charge in [0.25, 0.3) is 0 Å². The number of aromatic nitrogens is 2. The van der Waals surface area contributed by atoms with Crippen molar-refractivity contribution in [3.05, 3.63) is 11.4 Å². The Morgan fingerprint density at radius 3 is 2.70 bits per heavy atom. The quantitative estimate of drug-likeness (QED) is 0.801. The molecule has 1 fully saturated rings. The molecule has 1 heterocycles. The molecule has 0 amide bonds. The largest absolute Gasteiger partial charge is 0.383 e. The van der Waals surface area contributed by atoms with Crippen LogP contribution in [-0.2, 0) is 0 Å². The summed E-state index contributed by atoms with van der Waals surface area (Å²) in [6.07, 6.45) is 3.55. The van der Waals surface area contributed by atoms with E-state index in [1.54, 1.807) is 0 Å². The molecule has 1 saturated carbocycles. The van der Waals surface area contributed by atoms with Crippen LogP contribution in [0, 0.1) is 6.92 Å². The van der Waals surface area contributed by atoms with Gasteiger partial charge in [-0.15, -0.1) is 0 Å². The highest BCUT2D eigenvalue weighted by atomic mass is 15.1. The standard InChI is InChI=1S/C15H27N5/c1-5-10(2)20(4)9-8-17-14-11(3)13(16)18-15(19-14)12-6-7-12/h10,12H,5-9H2,1-4H3,(H3,16,17,18,19). The zero-order valence-electron chi connectivity index (χ0n) is 13.1. The molecule has 0 saturated heterocycles. The van der Waals surface area contributed by atoms with E-state index in [1.807, 2.05) is 6.92 Å². The Labute approximate surface area is 122 Å². The molecule has 1 unspecified atom stereocenters. The summed E-state index contributed by atoms with van der Waals surface area (Å²) in [6, 6.07) is 0.607. The van der Waals surface area contributed by atoms with Gasteiger partial charge in [0, 0.05) is 30.6 Å². The molecule has 1 atom stereocenters. The second kappa shape index (κ2) is 6.39. The second-order valence-electron chi connectivity index (χ2n) is 5.88. The van der Waals surface area contributed by atoms with Crippen molar-refractivity contribution in [2.45, 2.75) is 52.0 Å². The van der Waals surface area contributed by atoms with Gasteiger partial charge in [-0.2, -0.15) is 0 Å². The molecule has 112 valence electrons. The van der Waals surface area contributed by atoms with Crippen molar-refractivity contribution in [1.29, 1.82) is 0 Å². The smallest absolute Gasteiger partial charge is 0.136 e. The number of likely N-dealkylation sites (N-methyl/N-ethyl adjacent to an activating group) is 1. The third kappa shape index (κ3) is 3.60. The molecule has 0 radical (unpaired) electrons. The molecule has 0 bridgehead atoms. The predicted molar refractivity (Wildman–Crippen MR) is 84.0 cm³/mol. The number of rotatable bonds is 7. The van der Waals surface area contributed by atoms with Crippen molar-refractivity contribution < 1.29 is 0 Å². The van der Waals surface area contributed by atoms with Crippen LogP contribution >= 0.6 is 0 Å². The van der Waals surface area contributed by atoms with Gasteiger partial charge in [0.1, 0.15) is 17.5 Å². The molecule has 5 nitrogen and oxygen atoms in total. The molecule has 1 aromatic heterocycles. The van der Waals surface area contributed by atoms with Crippen LogP contribution in [0.3, 0.4) is 0 Å². The fraction of sp³-hybridized carbons (Fsp3) is 0.733. The molecule has 0 spiro atoms. The summed E-state index contributed by atoms with van der Waals surface area (Å²) in [5, 5.41) is 3.41. The van der Waals surface area contributed by atoms with Gasteiger partial charge in [-0.05, 0) is 40.2 Å². The molecule has 1 aliphatic rings. The maximum absolute atomic E-state index is 5.99. The predicted octanol–water partition coefficient (Wildman–Crippen LogP) is 2.39. The Kier molecular flexibility index (Phi) is 4.81. The third-order valence-electron chi connectivity index (χ3n) is 4.24. The summed E-state index contributed by atoms with van der Waals surface area (Å²) in [5.41, 5.74) is 6.95. The number of anilines is 2. The maximum Gasteiger partial charge on any atom is 0.136 e. The normalized spacial score (nSPS) is 16.4. The lowest BCUT2D eigenvalue weighted by molar-refractivity contribution is 0.261. The average molecular weight is 277 g/mol. The molecular weight excluding hydrogens is 250 g/mol. The summed E-state index contributed by atoms with van der Waals surface area (Å²) in [4.78, 5) is 11.4. The van der Waals surface area contributed by atoms with Crippen LogP contribution in [0.2, 0.25) is 0 Å². The van der Waals surface area contributed by atoms with Crippen molar-refractivity contribution >= 4 is 11.6 Å². The second-order valence-corrected chi connectivity index (χ2v) is 5.88. The molecular formula is C15H27N5. The van der Waals surface area contributed by atoms with E-state index in [1.165, 1.54) is 19.3 Å². The highest BCUT2D eigenvalue weighted by Gasteiger charge is 2.27. The summed E-state index contributed by atoms with van der Waals surface area (Å²) >= 11 is 0. The summed E-state index contributed by atoms with van der Waals surface area (Å²) in [6.45, 7) is 8.32. The van der Waals surface area contributed by atoms with Gasteiger partial charge in [0.15, 0.2) is 0 Å². The lowest BCUT2D eigenvalue weighted by Crippen LogP contribution is -2.33. The van der Waals surface area contributed by atoms with E-state index < -0.39 is 0 Å². The van der Waals surface area contributed by atoms with E-state index in [4.69, 9.17) is 5.73 Å². The van der Waals surface area contributed by atoms with Crippen LogP contribution < -0.4 is 11.1 Å². The summed E-state index contributed by atoms with van der Waals surface area (Å²) < 4.78 is 0. The van der Waals surface area contributed by atoms with Crippen LogP contribution in [0.1, 0.15) is 50.4 Å². The number of nitrogen functional groups attached to an aromatic ring is 1. The van der Waals surface area contributed by atoms with Crippen LogP contribution in [0.4, 0.5) is 11.6 Å². The van der Waals surface area contributed by atoms with Crippen LogP contribution in [0.5, 0.6) is 0 Å². The van der Waals surface area contributed by atoms with Crippen molar-refractivity contribution in [2.75, 3.05) is 31.2 Å². The lowest BCUT2D eigenvalue weighted by atomic mass is 10.2. The number of hydrogen-bond acceptors (Lipinski definition) is 5. The first-order valence-corrected chi connectivity index (χ1v) is 7.61. The Balaban J connectivity index is 1.95. The Bertz CT molecular complexity index is 456. The zero-order valence-corrected chi connectivity index (χ0v) is 13.1. The molecule has 1 aliphatic carbocycles. The fourth-order valence-corrected chi connectivity index (χ4v) is 2.13. The Morgan fingerprint density at radius 1 is 1.40 bits per heavy atom.